The molecule has 3 aliphatic rings. The van der Waals surface area contributed by atoms with Gasteiger partial charge in [-0.2, -0.15) is 10.2 Å². The summed E-state index contributed by atoms with van der Waals surface area (Å²) in [6.07, 6.45) is 7.53. The molecule has 9 nitrogen and oxygen atoms in total. The number of rotatable bonds is 7. The van der Waals surface area contributed by atoms with E-state index in [-0.39, 0.29) is 12.1 Å². The molecule has 1 aliphatic heterocycles. The molecule has 1 saturated heterocycles. The number of imidazole rings is 1. The number of aromatic nitrogens is 4. The molecule has 2 saturated carbocycles. The molecule has 0 unspecified atom stereocenters. The van der Waals surface area contributed by atoms with Crippen LogP contribution in [0.4, 0.5) is 16.6 Å². The van der Waals surface area contributed by atoms with Crippen LogP contribution in [0, 0.1) is 17.2 Å². The lowest BCUT2D eigenvalue weighted by Gasteiger charge is -2.25. The number of hydrogen-bond acceptors (Lipinski definition) is 6. The normalized spacial score (nSPS) is 20.6. The summed E-state index contributed by atoms with van der Waals surface area (Å²) in [7, 11) is 1.82. The highest BCUT2D eigenvalue weighted by molar-refractivity contribution is 5.94. The van der Waals surface area contributed by atoms with Crippen molar-refractivity contribution < 1.29 is 4.79 Å². The molecule has 184 valence electrons. The first kappa shape index (κ1) is 22.5. The second-order valence-electron chi connectivity index (χ2n) is 10.6. The van der Waals surface area contributed by atoms with E-state index in [0.717, 1.165) is 18.5 Å². The van der Waals surface area contributed by atoms with E-state index in [4.69, 9.17) is 9.97 Å². The lowest BCUT2D eigenvalue weighted by Crippen LogP contribution is -2.38. The number of carbonyl (C=O) groups is 1. The molecule has 3 aromatic rings. The van der Waals surface area contributed by atoms with Gasteiger partial charge in [0, 0.05) is 25.5 Å². The fourth-order valence-electron chi connectivity index (χ4n) is 5.19. The van der Waals surface area contributed by atoms with E-state index >= 15 is 0 Å². The molecule has 6 rings (SSSR count). The molecule has 2 amide bonds. The highest BCUT2D eigenvalue weighted by Gasteiger charge is 2.49. The Morgan fingerprint density at radius 2 is 2.00 bits per heavy atom. The number of nitrogens with one attached hydrogen (secondary N) is 1. The van der Waals surface area contributed by atoms with E-state index in [0.29, 0.717) is 41.5 Å². The van der Waals surface area contributed by atoms with Crippen molar-refractivity contribution in [3.8, 4) is 11.8 Å². The van der Waals surface area contributed by atoms with Crippen LogP contribution in [-0.4, -0.2) is 50.1 Å². The van der Waals surface area contributed by atoms with Gasteiger partial charge >= 0.3 is 6.03 Å². The maximum atomic E-state index is 12.9. The highest BCUT2D eigenvalue weighted by Crippen LogP contribution is 2.49. The highest BCUT2D eigenvalue weighted by atomic mass is 16.2. The monoisotopic (exact) mass is 482 g/mol. The molecule has 3 heterocycles. The van der Waals surface area contributed by atoms with E-state index in [9.17, 15) is 10.1 Å². The first-order valence-electron chi connectivity index (χ1n) is 12.6. The van der Waals surface area contributed by atoms with Crippen LogP contribution in [0.1, 0.15) is 62.4 Å². The van der Waals surface area contributed by atoms with E-state index in [1.165, 1.54) is 18.4 Å². The molecule has 1 aromatic carbocycles. The van der Waals surface area contributed by atoms with Gasteiger partial charge in [-0.15, -0.1) is 0 Å². The summed E-state index contributed by atoms with van der Waals surface area (Å²) < 4.78 is 1.88. The molecular weight excluding hydrogens is 452 g/mol. The summed E-state index contributed by atoms with van der Waals surface area (Å²) in [5.74, 6) is 1.95. The van der Waals surface area contributed by atoms with Crippen molar-refractivity contribution in [2.24, 2.45) is 5.92 Å². The maximum absolute atomic E-state index is 12.9. The van der Waals surface area contributed by atoms with Gasteiger partial charge in [-0.3, -0.25) is 9.47 Å². The van der Waals surface area contributed by atoms with Crippen LogP contribution in [0.3, 0.4) is 0 Å². The van der Waals surface area contributed by atoms with Crippen LogP contribution in [0.5, 0.6) is 0 Å². The van der Waals surface area contributed by atoms with E-state index in [2.05, 4.69) is 48.4 Å². The molecule has 3 fully saturated rings. The predicted octanol–water partition coefficient (Wildman–Crippen LogP) is 4.41. The minimum atomic E-state index is -0.494. The van der Waals surface area contributed by atoms with Gasteiger partial charge in [-0.25, -0.2) is 14.8 Å². The van der Waals surface area contributed by atoms with Gasteiger partial charge in [0.05, 0.1) is 11.6 Å². The van der Waals surface area contributed by atoms with Gasteiger partial charge in [0.25, 0.3) is 0 Å². The van der Waals surface area contributed by atoms with Crippen molar-refractivity contribution >= 4 is 17.8 Å². The minimum absolute atomic E-state index is 0.0485. The Hall–Kier alpha value is -3.93. The van der Waals surface area contributed by atoms with Gasteiger partial charge in [0.2, 0.25) is 5.95 Å². The molecule has 1 N–H and O–H groups in total. The number of amides is 2. The zero-order valence-corrected chi connectivity index (χ0v) is 20.8. The van der Waals surface area contributed by atoms with Crippen molar-refractivity contribution in [1.82, 2.24) is 24.4 Å². The molecule has 1 atom stereocenters. The minimum Gasteiger partial charge on any atom is -0.343 e. The standard InChI is InChI=1S/C27H30N8O/c1-17(2)22-15-33(3)26(36)35(22)23-9-12-29-25(31-23)32-27(10-11-27)24-21(14-28)34(16-30-24)20-6-4-5-19(13-20)18-7-8-18/h4-6,9,12-13,16-18,22H,7-8,10-11,15H2,1-3H3,(H,29,31,32)/t22-/m1/s1. The lowest BCUT2D eigenvalue weighted by molar-refractivity contribution is 0.229. The Morgan fingerprint density at radius 1 is 1.19 bits per heavy atom. The number of likely N-dealkylation sites (N-methyl/N-ethyl adjacent to an activating group) is 1. The quantitative estimate of drug-likeness (QED) is 0.535. The molecule has 2 aromatic heterocycles. The van der Waals surface area contributed by atoms with E-state index in [1.807, 2.05) is 17.7 Å². The molecule has 9 heteroatoms. The average Bonchev–Trinajstić information content (AvgIpc) is 3.80. The third-order valence-corrected chi connectivity index (χ3v) is 7.61. The molecular formula is C27H30N8O. The van der Waals surface area contributed by atoms with E-state index < -0.39 is 5.54 Å². The number of benzene rings is 1. The Balaban J connectivity index is 1.29. The van der Waals surface area contributed by atoms with Crippen molar-refractivity contribution in [2.45, 2.75) is 57.0 Å². The Labute approximate surface area is 210 Å². The zero-order valence-electron chi connectivity index (χ0n) is 20.8. The summed E-state index contributed by atoms with van der Waals surface area (Å²) in [6.45, 7) is 4.89. The molecule has 0 spiro atoms. The van der Waals surface area contributed by atoms with Crippen LogP contribution >= 0.6 is 0 Å². The number of carbonyl (C=O) groups excluding carboxylic acids is 1. The number of urea groups is 1. The van der Waals surface area contributed by atoms with Crippen LogP contribution in [-0.2, 0) is 5.54 Å². The SMILES string of the molecule is CC(C)[C@H]1CN(C)C(=O)N1c1ccnc(NC2(c3ncn(-c4cccc(C5CC5)c4)c3C#N)CC2)n1. The maximum Gasteiger partial charge on any atom is 0.325 e. The Bertz CT molecular complexity index is 1360. The summed E-state index contributed by atoms with van der Waals surface area (Å²) in [4.78, 5) is 30.2. The Kier molecular flexibility index (Phi) is 5.21. The average molecular weight is 483 g/mol. The molecule has 2 aliphatic carbocycles. The first-order chi connectivity index (χ1) is 17.4. The smallest absolute Gasteiger partial charge is 0.325 e. The first-order valence-corrected chi connectivity index (χ1v) is 12.6. The van der Waals surface area contributed by atoms with Crippen LogP contribution in [0.15, 0.2) is 42.9 Å². The fourth-order valence-corrected chi connectivity index (χ4v) is 5.19. The van der Waals surface area contributed by atoms with Crippen LogP contribution in [0.25, 0.3) is 5.69 Å². The van der Waals surface area contributed by atoms with Crippen molar-refractivity contribution in [1.29, 1.82) is 5.26 Å². The van der Waals surface area contributed by atoms with Crippen LogP contribution in [0.2, 0.25) is 0 Å². The van der Waals surface area contributed by atoms with Crippen molar-refractivity contribution in [2.75, 3.05) is 23.8 Å². The van der Waals surface area contributed by atoms with Crippen molar-refractivity contribution in [3.63, 3.8) is 0 Å². The summed E-state index contributed by atoms with van der Waals surface area (Å²) >= 11 is 0. The third-order valence-electron chi connectivity index (χ3n) is 7.61. The zero-order chi connectivity index (χ0) is 25.0. The second-order valence-corrected chi connectivity index (χ2v) is 10.6. The topological polar surface area (TPSA) is 103 Å². The van der Waals surface area contributed by atoms with Gasteiger partial charge in [-0.05, 0) is 61.3 Å². The summed E-state index contributed by atoms with van der Waals surface area (Å²) in [6, 6.07) is 12.6. The van der Waals surface area contributed by atoms with Crippen molar-refractivity contribution in [3.05, 3.63) is 59.8 Å². The molecule has 0 bridgehead atoms. The largest absolute Gasteiger partial charge is 0.343 e. The lowest BCUT2D eigenvalue weighted by atomic mass is 10.0. The van der Waals surface area contributed by atoms with Gasteiger partial charge in [0.15, 0.2) is 0 Å². The number of hydrogen-bond donors (Lipinski definition) is 1. The molecule has 36 heavy (non-hydrogen) atoms. The number of nitriles is 1. The molecule has 0 radical (unpaired) electrons. The number of nitrogens with zero attached hydrogens (tertiary/aromatic N) is 7. The van der Waals surface area contributed by atoms with Gasteiger partial charge in [-0.1, -0.05) is 26.0 Å². The van der Waals surface area contributed by atoms with E-state index in [1.54, 1.807) is 28.4 Å². The van der Waals surface area contributed by atoms with Gasteiger partial charge < -0.3 is 10.2 Å². The second kappa shape index (κ2) is 8.33. The fraction of sp³-hybridized carbons (Fsp3) is 0.444. The summed E-state index contributed by atoms with van der Waals surface area (Å²) in [5.41, 5.74) is 3.03. The predicted molar refractivity (Wildman–Crippen MR) is 136 cm³/mol. The van der Waals surface area contributed by atoms with Crippen LogP contribution < -0.4 is 10.2 Å². The third kappa shape index (κ3) is 3.77. The number of anilines is 2. The van der Waals surface area contributed by atoms with Gasteiger partial charge in [0.1, 0.15) is 29.6 Å². The summed E-state index contributed by atoms with van der Waals surface area (Å²) in [5, 5.41) is 13.6. The Morgan fingerprint density at radius 3 is 2.69 bits per heavy atom.